The Balaban J connectivity index is 2.81. The van der Waals surface area contributed by atoms with Crippen molar-refractivity contribution in [3.63, 3.8) is 0 Å². The molecule has 1 aromatic carbocycles. The Morgan fingerprint density at radius 1 is 1.24 bits per heavy atom. The zero-order valence-corrected chi connectivity index (χ0v) is 14.0. The summed E-state index contributed by atoms with van der Waals surface area (Å²) in [7, 11) is 1.91. The number of amides is 1. The fourth-order valence-corrected chi connectivity index (χ4v) is 1.95. The van der Waals surface area contributed by atoms with E-state index in [0.29, 0.717) is 12.5 Å². The van der Waals surface area contributed by atoms with E-state index in [9.17, 15) is 4.79 Å². The Morgan fingerprint density at radius 2 is 1.90 bits per heavy atom. The molecule has 0 aliphatic rings. The molecule has 0 aromatic heterocycles. The largest absolute Gasteiger partial charge is 0.481 e. The van der Waals surface area contributed by atoms with Crippen LogP contribution in [0.2, 0.25) is 0 Å². The Hall–Kier alpha value is -1.55. The highest BCUT2D eigenvalue weighted by atomic mass is 16.5. The summed E-state index contributed by atoms with van der Waals surface area (Å²) >= 11 is 0. The summed E-state index contributed by atoms with van der Waals surface area (Å²) in [5.41, 5.74) is 2.18. The number of carbonyl (C=O) groups excluding carboxylic acids is 1. The van der Waals surface area contributed by atoms with Gasteiger partial charge in [-0.3, -0.25) is 4.79 Å². The molecule has 0 saturated heterocycles. The van der Waals surface area contributed by atoms with Crippen LogP contribution in [0.15, 0.2) is 18.2 Å². The Kier molecular flexibility index (Phi) is 6.69. The van der Waals surface area contributed by atoms with Gasteiger partial charge >= 0.3 is 0 Å². The topological polar surface area (TPSA) is 50.4 Å². The standard InChI is InChI=1S/C17H28N2O2/c1-11(2)10-19-17(20)14(5)21-16-9-12(3)7-8-15(16)13(4)18-6/h7-9,11,13-14,18H,10H2,1-6H3,(H,19,20). The maximum absolute atomic E-state index is 12.0. The molecule has 21 heavy (non-hydrogen) atoms. The number of carbonyl (C=O) groups is 1. The third kappa shape index (κ3) is 5.38. The first-order chi connectivity index (χ1) is 9.85. The van der Waals surface area contributed by atoms with E-state index in [1.165, 1.54) is 0 Å². The third-order valence-electron chi connectivity index (χ3n) is 3.43. The molecule has 2 N–H and O–H groups in total. The lowest BCUT2D eigenvalue weighted by Gasteiger charge is -2.21. The summed E-state index contributed by atoms with van der Waals surface area (Å²) in [4.78, 5) is 12.0. The van der Waals surface area contributed by atoms with Crippen molar-refractivity contribution < 1.29 is 9.53 Å². The van der Waals surface area contributed by atoms with E-state index >= 15 is 0 Å². The van der Waals surface area contributed by atoms with Crippen LogP contribution in [0.3, 0.4) is 0 Å². The Morgan fingerprint density at radius 3 is 2.48 bits per heavy atom. The lowest BCUT2D eigenvalue weighted by Crippen LogP contribution is -2.38. The summed E-state index contributed by atoms with van der Waals surface area (Å²) in [5.74, 6) is 1.12. The number of hydrogen-bond acceptors (Lipinski definition) is 3. The molecule has 4 heteroatoms. The molecule has 0 aliphatic carbocycles. The first-order valence-electron chi connectivity index (χ1n) is 7.57. The number of hydrogen-bond donors (Lipinski definition) is 2. The summed E-state index contributed by atoms with van der Waals surface area (Å²) < 4.78 is 5.89. The second-order valence-electron chi connectivity index (χ2n) is 5.95. The van der Waals surface area contributed by atoms with E-state index in [0.717, 1.165) is 16.9 Å². The van der Waals surface area contributed by atoms with Gasteiger partial charge in [0.25, 0.3) is 5.91 Å². The van der Waals surface area contributed by atoms with Gasteiger partial charge in [0.05, 0.1) is 0 Å². The molecule has 0 radical (unpaired) electrons. The minimum absolute atomic E-state index is 0.0757. The molecule has 2 atom stereocenters. The molecule has 2 unspecified atom stereocenters. The maximum Gasteiger partial charge on any atom is 0.260 e. The van der Waals surface area contributed by atoms with E-state index in [4.69, 9.17) is 4.74 Å². The molecular formula is C17H28N2O2. The predicted molar refractivity (Wildman–Crippen MR) is 86.6 cm³/mol. The molecule has 0 saturated carbocycles. The monoisotopic (exact) mass is 292 g/mol. The highest BCUT2D eigenvalue weighted by molar-refractivity contribution is 5.80. The van der Waals surface area contributed by atoms with Crippen LogP contribution in [0, 0.1) is 12.8 Å². The van der Waals surface area contributed by atoms with E-state index < -0.39 is 6.10 Å². The Bertz CT molecular complexity index is 472. The molecule has 1 rings (SSSR count). The number of nitrogens with one attached hydrogen (secondary N) is 2. The van der Waals surface area contributed by atoms with Crippen molar-refractivity contribution >= 4 is 5.91 Å². The minimum Gasteiger partial charge on any atom is -0.481 e. The van der Waals surface area contributed by atoms with Gasteiger partial charge in [-0.15, -0.1) is 0 Å². The highest BCUT2D eigenvalue weighted by Crippen LogP contribution is 2.27. The van der Waals surface area contributed by atoms with Gasteiger partial charge in [0.1, 0.15) is 5.75 Å². The SMILES string of the molecule is CNC(C)c1ccc(C)cc1OC(C)C(=O)NCC(C)C. The number of benzene rings is 1. The molecule has 0 heterocycles. The number of ether oxygens (including phenoxy) is 1. The van der Waals surface area contributed by atoms with Gasteiger partial charge in [-0.1, -0.05) is 26.0 Å². The minimum atomic E-state index is -0.506. The quantitative estimate of drug-likeness (QED) is 0.812. The van der Waals surface area contributed by atoms with E-state index in [2.05, 4.69) is 37.5 Å². The van der Waals surface area contributed by atoms with Crippen LogP contribution >= 0.6 is 0 Å². The zero-order valence-electron chi connectivity index (χ0n) is 14.0. The summed E-state index contributed by atoms with van der Waals surface area (Å²) in [5, 5.41) is 6.10. The van der Waals surface area contributed by atoms with Gasteiger partial charge in [0.15, 0.2) is 6.10 Å². The number of aryl methyl sites for hydroxylation is 1. The van der Waals surface area contributed by atoms with E-state index in [1.54, 1.807) is 6.92 Å². The second-order valence-corrected chi connectivity index (χ2v) is 5.95. The van der Waals surface area contributed by atoms with E-state index in [1.807, 2.05) is 26.1 Å². The molecule has 0 aliphatic heterocycles. The molecule has 0 bridgehead atoms. The maximum atomic E-state index is 12.0. The normalized spacial score (nSPS) is 13.9. The molecule has 4 nitrogen and oxygen atoms in total. The van der Waals surface area contributed by atoms with Crippen LogP contribution in [0.1, 0.15) is 44.9 Å². The predicted octanol–water partition coefficient (Wildman–Crippen LogP) is 2.81. The molecular weight excluding hydrogens is 264 g/mol. The van der Waals surface area contributed by atoms with Crippen LogP contribution in [-0.2, 0) is 4.79 Å². The van der Waals surface area contributed by atoms with Crippen LogP contribution in [0.4, 0.5) is 0 Å². The van der Waals surface area contributed by atoms with Crippen LogP contribution < -0.4 is 15.4 Å². The first kappa shape index (κ1) is 17.5. The van der Waals surface area contributed by atoms with Gasteiger partial charge in [0.2, 0.25) is 0 Å². The van der Waals surface area contributed by atoms with Gasteiger partial charge in [0, 0.05) is 18.2 Å². The smallest absolute Gasteiger partial charge is 0.260 e. The van der Waals surface area contributed by atoms with Crippen molar-refractivity contribution in [1.29, 1.82) is 0 Å². The van der Waals surface area contributed by atoms with Gasteiger partial charge in [-0.05, 0) is 45.4 Å². The average molecular weight is 292 g/mol. The summed E-state index contributed by atoms with van der Waals surface area (Å²) in [6.07, 6.45) is -0.506. The third-order valence-corrected chi connectivity index (χ3v) is 3.43. The van der Waals surface area contributed by atoms with Crippen molar-refractivity contribution in [2.45, 2.75) is 46.8 Å². The average Bonchev–Trinajstić information content (AvgIpc) is 2.43. The highest BCUT2D eigenvalue weighted by Gasteiger charge is 2.18. The fraction of sp³-hybridized carbons (Fsp3) is 0.588. The second kappa shape index (κ2) is 8.03. The first-order valence-corrected chi connectivity index (χ1v) is 7.57. The molecule has 1 aromatic rings. The molecule has 1 amide bonds. The lowest BCUT2D eigenvalue weighted by atomic mass is 10.1. The van der Waals surface area contributed by atoms with Gasteiger partial charge in [-0.25, -0.2) is 0 Å². The van der Waals surface area contributed by atoms with Crippen LogP contribution in [-0.4, -0.2) is 25.6 Å². The lowest BCUT2D eigenvalue weighted by molar-refractivity contribution is -0.127. The van der Waals surface area contributed by atoms with Gasteiger partial charge in [-0.2, -0.15) is 0 Å². The molecule has 0 fully saturated rings. The van der Waals surface area contributed by atoms with Crippen molar-refractivity contribution in [3.05, 3.63) is 29.3 Å². The van der Waals surface area contributed by atoms with Crippen LogP contribution in [0.25, 0.3) is 0 Å². The molecule has 118 valence electrons. The van der Waals surface area contributed by atoms with Crippen molar-refractivity contribution in [2.75, 3.05) is 13.6 Å². The van der Waals surface area contributed by atoms with Crippen molar-refractivity contribution in [2.24, 2.45) is 5.92 Å². The Labute approximate surface area is 128 Å². The van der Waals surface area contributed by atoms with Crippen molar-refractivity contribution in [3.8, 4) is 5.75 Å². The fourth-order valence-electron chi connectivity index (χ4n) is 1.95. The molecule has 0 spiro atoms. The van der Waals surface area contributed by atoms with E-state index in [-0.39, 0.29) is 11.9 Å². The number of rotatable bonds is 7. The van der Waals surface area contributed by atoms with Gasteiger partial charge < -0.3 is 15.4 Å². The van der Waals surface area contributed by atoms with Crippen molar-refractivity contribution in [1.82, 2.24) is 10.6 Å². The van der Waals surface area contributed by atoms with Crippen LogP contribution in [0.5, 0.6) is 5.75 Å². The zero-order chi connectivity index (χ0) is 16.0. The summed E-state index contributed by atoms with van der Waals surface area (Å²) in [6, 6.07) is 6.26. The summed E-state index contributed by atoms with van der Waals surface area (Å²) in [6.45, 7) is 10.7.